The molecule has 1 aliphatic heterocycles. The lowest BCUT2D eigenvalue weighted by atomic mass is 9.86. The molecule has 0 saturated heterocycles. The molecule has 3 aliphatic rings. The summed E-state index contributed by atoms with van der Waals surface area (Å²) in [5, 5.41) is 3.63. The van der Waals surface area contributed by atoms with Gasteiger partial charge in [0, 0.05) is 12.6 Å². The van der Waals surface area contributed by atoms with Crippen LogP contribution in [0.25, 0.3) is 0 Å². The van der Waals surface area contributed by atoms with Gasteiger partial charge in [0.05, 0.1) is 0 Å². The van der Waals surface area contributed by atoms with Gasteiger partial charge in [0.1, 0.15) is 5.82 Å². The maximum Gasteiger partial charge on any atom is 0.123 e. The minimum Gasteiger partial charge on any atom is -0.309 e. The number of nitrogens with one attached hydrogen (secondary N) is 1. The maximum atomic E-state index is 13.6. The van der Waals surface area contributed by atoms with Crippen molar-refractivity contribution in [3.05, 3.63) is 34.6 Å². The van der Waals surface area contributed by atoms with E-state index in [1.54, 1.807) is 12.1 Å². The van der Waals surface area contributed by atoms with E-state index in [-0.39, 0.29) is 5.82 Å². The molecule has 0 bridgehead atoms. The van der Waals surface area contributed by atoms with Gasteiger partial charge in [-0.25, -0.2) is 4.39 Å². The average Bonchev–Trinajstić information content (AvgIpc) is 3.02. The SMILES string of the molecule is Fc1cc2c3c(c1)C(C1CC1)NCC3CC2. The van der Waals surface area contributed by atoms with Crippen LogP contribution in [0.1, 0.15) is 47.9 Å². The van der Waals surface area contributed by atoms with Gasteiger partial charge < -0.3 is 5.32 Å². The van der Waals surface area contributed by atoms with Crippen LogP contribution in [-0.2, 0) is 6.42 Å². The fraction of sp³-hybridized carbons (Fsp3) is 0.571. The molecule has 1 fully saturated rings. The van der Waals surface area contributed by atoms with Crippen LogP contribution in [0, 0.1) is 11.7 Å². The topological polar surface area (TPSA) is 12.0 Å². The van der Waals surface area contributed by atoms with Crippen molar-refractivity contribution in [1.82, 2.24) is 5.32 Å². The lowest BCUT2D eigenvalue weighted by Gasteiger charge is -2.31. The quantitative estimate of drug-likeness (QED) is 0.762. The molecule has 0 aromatic heterocycles. The summed E-state index contributed by atoms with van der Waals surface area (Å²) in [5.41, 5.74) is 4.07. The Morgan fingerprint density at radius 2 is 2.06 bits per heavy atom. The van der Waals surface area contributed by atoms with Gasteiger partial charge in [-0.05, 0) is 66.3 Å². The lowest BCUT2D eigenvalue weighted by Crippen LogP contribution is -2.33. The zero-order valence-corrected chi connectivity index (χ0v) is 9.30. The third kappa shape index (κ3) is 1.20. The fourth-order valence-electron chi connectivity index (χ4n) is 3.57. The molecule has 0 amide bonds. The Hall–Kier alpha value is -0.890. The monoisotopic (exact) mass is 217 g/mol. The van der Waals surface area contributed by atoms with E-state index in [9.17, 15) is 4.39 Å². The van der Waals surface area contributed by atoms with Crippen LogP contribution in [0.15, 0.2) is 12.1 Å². The van der Waals surface area contributed by atoms with Gasteiger partial charge in [-0.1, -0.05) is 0 Å². The number of halogens is 1. The molecule has 1 aromatic rings. The molecule has 2 aliphatic carbocycles. The van der Waals surface area contributed by atoms with E-state index < -0.39 is 0 Å². The van der Waals surface area contributed by atoms with Crippen molar-refractivity contribution >= 4 is 0 Å². The molecule has 1 heterocycles. The van der Waals surface area contributed by atoms with Crippen molar-refractivity contribution < 1.29 is 4.39 Å². The molecule has 2 heteroatoms. The zero-order chi connectivity index (χ0) is 10.7. The van der Waals surface area contributed by atoms with E-state index >= 15 is 0 Å². The third-order valence-corrected chi connectivity index (χ3v) is 4.45. The largest absolute Gasteiger partial charge is 0.309 e. The molecule has 1 saturated carbocycles. The first-order chi connectivity index (χ1) is 7.83. The zero-order valence-electron chi connectivity index (χ0n) is 9.30. The Balaban J connectivity index is 1.89. The van der Waals surface area contributed by atoms with E-state index in [2.05, 4.69) is 5.32 Å². The van der Waals surface area contributed by atoms with Crippen LogP contribution < -0.4 is 5.32 Å². The Labute approximate surface area is 95.0 Å². The van der Waals surface area contributed by atoms with E-state index in [0.29, 0.717) is 12.0 Å². The van der Waals surface area contributed by atoms with E-state index in [1.807, 2.05) is 0 Å². The summed E-state index contributed by atoms with van der Waals surface area (Å²) in [7, 11) is 0. The summed E-state index contributed by atoms with van der Waals surface area (Å²) in [4.78, 5) is 0. The number of hydrogen-bond acceptors (Lipinski definition) is 1. The summed E-state index contributed by atoms with van der Waals surface area (Å²) in [6, 6.07) is 3.99. The van der Waals surface area contributed by atoms with Crippen molar-refractivity contribution in [3.63, 3.8) is 0 Å². The molecule has 16 heavy (non-hydrogen) atoms. The van der Waals surface area contributed by atoms with Crippen molar-refractivity contribution in [2.24, 2.45) is 5.92 Å². The first-order valence-electron chi connectivity index (χ1n) is 6.38. The molecule has 84 valence electrons. The van der Waals surface area contributed by atoms with Crippen molar-refractivity contribution in [1.29, 1.82) is 0 Å². The molecule has 0 spiro atoms. The Bertz CT molecular complexity index is 450. The minimum atomic E-state index is -0.0382. The summed E-state index contributed by atoms with van der Waals surface area (Å²) in [6.45, 7) is 1.10. The predicted octanol–water partition coefficient (Wildman–Crippen LogP) is 2.91. The second kappa shape index (κ2) is 3.07. The highest BCUT2D eigenvalue weighted by Gasteiger charge is 2.40. The predicted molar refractivity (Wildman–Crippen MR) is 60.9 cm³/mol. The summed E-state index contributed by atoms with van der Waals surface area (Å²) < 4.78 is 13.6. The second-order valence-corrected chi connectivity index (χ2v) is 5.53. The number of hydrogen-bond donors (Lipinski definition) is 1. The van der Waals surface area contributed by atoms with Crippen molar-refractivity contribution in [2.75, 3.05) is 6.54 Å². The van der Waals surface area contributed by atoms with Crippen LogP contribution >= 0.6 is 0 Å². The molecule has 0 radical (unpaired) electrons. The second-order valence-electron chi connectivity index (χ2n) is 5.53. The normalized spacial score (nSPS) is 31.6. The lowest BCUT2D eigenvalue weighted by molar-refractivity contribution is 0.419. The molecule has 1 N–H and O–H groups in total. The number of aryl methyl sites for hydroxylation is 1. The Morgan fingerprint density at radius 1 is 1.19 bits per heavy atom. The van der Waals surface area contributed by atoms with Gasteiger partial charge in [-0.15, -0.1) is 0 Å². The van der Waals surface area contributed by atoms with Crippen molar-refractivity contribution in [3.8, 4) is 0 Å². The van der Waals surface area contributed by atoms with E-state index in [1.165, 1.54) is 36.0 Å². The van der Waals surface area contributed by atoms with Gasteiger partial charge in [-0.3, -0.25) is 0 Å². The summed E-state index contributed by atoms with van der Waals surface area (Å²) in [5.74, 6) is 1.39. The number of rotatable bonds is 1. The number of benzene rings is 1. The van der Waals surface area contributed by atoms with E-state index in [4.69, 9.17) is 0 Å². The van der Waals surface area contributed by atoms with Crippen LogP contribution in [-0.4, -0.2) is 6.54 Å². The molecular formula is C14H16FN. The highest BCUT2D eigenvalue weighted by Crippen LogP contribution is 2.48. The molecule has 1 aromatic carbocycles. The van der Waals surface area contributed by atoms with Crippen LogP contribution in [0.5, 0.6) is 0 Å². The summed E-state index contributed by atoms with van der Waals surface area (Å²) in [6.07, 6.45) is 4.90. The molecule has 2 atom stereocenters. The van der Waals surface area contributed by atoms with Crippen molar-refractivity contribution in [2.45, 2.75) is 37.6 Å². The standard InChI is InChI=1S/C14H16FN/c15-11-5-9-3-4-10-7-16-14(8-1-2-8)12(6-11)13(9)10/h5-6,8,10,14,16H,1-4,7H2. The molecule has 4 rings (SSSR count). The maximum absolute atomic E-state index is 13.6. The van der Waals surface area contributed by atoms with Gasteiger partial charge in [0.25, 0.3) is 0 Å². The molecule has 1 nitrogen and oxygen atoms in total. The average molecular weight is 217 g/mol. The Morgan fingerprint density at radius 3 is 2.88 bits per heavy atom. The minimum absolute atomic E-state index is 0.0382. The van der Waals surface area contributed by atoms with Gasteiger partial charge in [-0.2, -0.15) is 0 Å². The Kier molecular flexibility index (Phi) is 1.76. The van der Waals surface area contributed by atoms with Gasteiger partial charge in [0.2, 0.25) is 0 Å². The first-order valence-corrected chi connectivity index (χ1v) is 6.38. The highest BCUT2D eigenvalue weighted by molar-refractivity contribution is 5.46. The summed E-state index contributed by atoms with van der Waals surface area (Å²) >= 11 is 0. The molecular weight excluding hydrogens is 201 g/mol. The van der Waals surface area contributed by atoms with Gasteiger partial charge >= 0.3 is 0 Å². The third-order valence-electron chi connectivity index (χ3n) is 4.45. The highest BCUT2D eigenvalue weighted by atomic mass is 19.1. The van der Waals surface area contributed by atoms with Crippen LogP contribution in [0.3, 0.4) is 0 Å². The van der Waals surface area contributed by atoms with Crippen LogP contribution in [0.4, 0.5) is 4.39 Å². The molecule has 2 unspecified atom stereocenters. The fourth-order valence-corrected chi connectivity index (χ4v) is 3.57. The first kappa shape index (κ1) is 9.17. The van der Waals surface area contributed by atoms with Crippen LogP contribution in [0.2, 0.25) is 0 Å². The smallest absolute Gasteiger partial charge is 0.123 e. The van der Waals surface area contributed by atoms with Gasteiger partial charge in [0.15, 0.2) is 0 Å². The van der Waals surface area contributed by atoms with E-state index in [0.717, 1.165) is 18.9 Å².